The van der Waals surface area contributed by atoms with Crippen molar-refractivity contribution >= 4 is 44.6 Å². The number of halogens is 1. The average molecular weight is 825 g/mol. The summed E-state index contributed by atoms with van der Waals surface area (Å²) in [6.07, 6.45) is 2.79. The van der Waals surface area contributed by atoms with Gasteiger partial charge < -0.3 is 19.1 Å². The number of aryl methyl sites for hydroxylation is 1. The van der Waals surface area contributed by atoms with E-state index in [1.165, 1.54) is 11.6 Å². The number of aromatic nitrogens is 2. The number of nitrogens with zero attached hydrogens (tertiary/aromatic N) is 4. The van der Waals surface area contributed by atoms with Gasteiger partial charge in [-0.05, 0) is 71.3 Å². The number of benzene rings is 5. The fourth-order valence-corrected chi connectivity index (χ4v) is 6.37. The second-order valence-corrected chi connectivity index (χ2v) is 13.1. The van der Waals surface area contributed by atoms with Gasteiger partial charge in [0.25, 0.3) is 0 Å². The van der Waals surface area contributed by atoms with Gasteiger partial charge in [-0.15, -0.1) is 53.6 Å². The summed E-state index contributed by atoms with van der Waals surface area (Å²) in [4.78, 5) is 8.83. The molecule has 7 aromatic rings. The zero-order valence-corrected chi connectivity index (χ0v) is 29.9. The molecule has 1 aliphatic rings. The fourth-order valence-electron chi connectivity index (χ4n) is 6.37. The monoisotopic (exact) mass is 824 g/mol. The standard InChI is InChI=1S/C42H34FN4O.Pt/c1-5-28-19-20-44-41(21-28)47-37-14-7-6-13-35(37)36-18-17-33(26-40(36)47)48-34-23-29(42(2,3)4)22-32(25-34)46-27-45(31-12-10-11-30(43)24-31)38-15-8-9-16-39(38)46;/h6-24,27H,5H2,1-4H3;/q-3;. The molecule has 8 rings (SSSR count). The van der Waals surface area contributed by atoms with E-state index in [4.69, 9.17) is 9.72 Å². The smallest absolute Gasteiger partial charge is 0.135 e. The van der Waals surface area contributed by atoms with Crippen LogP contribution in [0.3, 0.4) is 0 Å². The van der Waals surface area contributed by atoms with Crippen LogP contribution in [0.25, 0.3) is 27.6 Å². The molecule has 0 unspecified atom stereocenters. The van der Waals surface area contributed by atoms with E-state index >= 15 is 0 Å². The number of ether oxygens (including phenoxy) is 1. The third kappa shape index (κ3) is 6.00. The SMILES string of the molecule is CCc1ccnc(-n2c3[c-]c(Oc4[c-]c(N5[CH-]N(c6cccc(F)c6)c6ccccc65)cc(C(C)(C)C)c4)ccc3c3ccccc32)c1.[Pt]. The van der Waals surface area contributed by atoms with Crippen molar-refractivity contribution in [2.75, 3.05) is 9.80 Å². The molecule has 248 valence electrons. The number of hydrogen-bond donors (Lipinski definition) is 0. The number of hydrogen-bond acceptors (Lipinski definition) is 4. The normalized spacial score (nSPS) is 12.8. The van der Waals surface area contributed by atoms with Crippen molar-refractivity contribution in [1.82, 2.24) is 9.55 Å². The zero-order chi connectivity index (χ0) is 33.0. The molecule has 0 aliphatic carbocycles. The number of fused-ring (bicyclic) bond motifs is 4. The van der Waals surface area contributed by atoms with Gasteiger partial charge in [0, 0.05) is 61.3 Å². The van der Waals surface area contributed by atoms with Gasteiger partial charge in [0.15, 0.2) is 0 Å². The maximum Gasteiger partial charge on any atom is 0.135 e. The van der Waals surface area contributed by atoms with E-state index in [-0.39, 0.29) is 32.3 Å². The second kappa shape index (κ2) is 12.8. The van der Waals surface area contributed by atoms with Crippen molar-refractivity contribution in [2.45, 2.75) is 39.5 Å². The van der Waals surface area contributed by atoms with Crippen molar-refractivity contribution in [3.63, 3.8) is 0 Å². The molecule has 0 radical (unpaired) electrons. The van der Waals surface area contributed by atoms with Crippen molar-refractivity contribution < 1.29 is 30.2 Å². The van der Waals surface area contributed by atoms with Gasteiger partial charge in [-0.1, -0.05) is 69.6 Å². The first-order chi connectivity index (χ1) is 23.3. The molecule has 2 aromatic heterocycles. The molecule has 3 heterocycles. The van der Waals surface area contributed by atoms with E-state index in [0.29, 0.717) is 11.5 Å². The molecule has 0 N–H and O–H groups in total. The first kappa shape index (κ1) is 32.6. The molecule has 0 atom stereocenters. The minimum atomic E-state index is -0.282. The van der Waals surface area contributed by atoms with Crippen molar-refractivity contribution in [2.24, 2.45) is 0 Å². The molecule has 0 bridgehead atoms. The van der Waals surface area contributed by atoms with Crippen molar-refractivity contribution in [3.05, 3.63) is 151 Å². The van der Waals surface area contributed by atoms with Gasteiger partial charge in [0.05, 0.1) is 0 Å². The molecule has 5 aromatic carbocycles. The van der Waals surface area contributed by atoms with Gasteiger partial charge in [-0.3, -0.25) is 0 Å². The molecule has 0 saturated carbocycles. The Kier molecular flexibility index (Phi) is 8.54. The van der Waals surface area contributed by atoms with Crippen LogP contribution in [0.5, 0.6) is 11.5 Å². The van der Waals surface area contributed by atoms with E-state index in [1.807, 2.05) is 48.1 Å². The second-order valence-electron chi connectivity index (χ2n) is 13.1. The summed E-state index contributed by atoms with van der Waals surface area (Å²) < 4.78 is 23.1. The van der Waals surface area contributed by atoms with Crippen LogP contribution in [-0.2, 0) is 32.9 Å². The summed E-state index contributed by atoms with van der Waals surface area (Å²) in [6, 6.07) is 42.7. The third-order valence-corrected chi connectivity index (χ3v) is 8.90. The predicted molar refractivity (Wildman–Crippen MR) is 192 cm³/mol. The van der Waals surface area contributed by atoms with Crippen LogP contribution in [0, 0.1) is 24.6 Å². The Morgan fingerprint density at radius 2 is 1.55 bits per heavy atom. The molecule has 0 amide bonds. The van der Waals surface area contributed by atoms with E-state index in [1.54, 1.807) is 12.1 Å². The van der Waals surface area contributed by atoms with Crippen molar-refractivity contribution in [3.8, 4) is 17.3 Å². The van der Waals surface area contributed by atoms with Crippen LogP contribution in [0.2, 0.25) is 0 Å². The van der Waals surface area contributed by atoms with Crippen LogP contribution in [0.1, 0.15) is 38.8 Å². The average Bonchev–Trinajstić information content (AvgIpc) is 3.64. The minimum absolute atomic E-state index is 0. The van der Waals surface area contributed by atoms with E-state index in [0.717, 1.165) is 62.4 Å². The first-order valence-corrected chi connectivity index (χ1v) is 16.2. The molecular weight excluding hydrogens is 791 g/mol. The molecule has 49 heavy (non-hydrogen) atoms. The number of anilines is 4. The van der Waals surface area contributed by atoms with E-state index in [9.17, 15) is 4.39 Å². The molecule has 1 aliphatic heterocycles. The molecule has 0 fully saturated rings. The minimum Gasteiger partial charge on any atom is -0.509 e. The summed E-state index contributed by atoms with van der Waals surface area (Å²) in [5, 5.41) is 2.21. The fraction of sp³-hybridized carbons (Fsp3) is 0.143. The van der Waals surface area contributed by atoms with Crippen LogP contribution in [0.15, 0.2) is 115 Å². The van der Waals surface area contributed by atoms with Crippen LogP contribution in [0.4, 0.5) is 27.1 Å². The Balaban J connectivity index is 0.00000378. The van der Waals surface area contributed by atoms with Gasteiger partial charge in [0.2, 0.25) is 0 Å². The summed E-state index contributed by atoms with van der Waals surface area (Å²) >= 11 is 0. The maximum atomic E-state index is 14.3. The summed E-state index contributed by atoms with van der Waals surface area (Å²) in [5.74, 6) is 1.73. The van der Waals surface area contributed by atoms with E-state index in [2.05, 4.69) is 110 Å². The molecule has 0 spiro atoms. The Bertz CT molecular complexity index is 2330. The van der Waals surface area contributed by atoms with Gasteiger partial charge in [-0.2, -0.15) is 6.07 Å². The number of rotatable bonds is 6. The van der Waals surface area contributed by atoms with Crippen LogP contribution >= 0.6 is 0 Å². The maximum absolute atomic E-state index is 14.3. The summed E-state index contributed by atoms with van der Waals surface area (Å²) in [6.45, 7) is 10.7. The predicted octanol–water partition coefficient (Wildman–Crippen LogP) is 11.0. The topological polar surface area (TPSA) is 33.5 Å². The molecule has 5 nitrogen and oxygen atoms in total. The Morgan fingerprint density at radius 3 is 2.33 bits per heavy atom. The molecule has 7 heteroatoms. The Morgan fingerprint density at radius 1 is 0.776 bits per heavy atom. The van der Waals surface area contributed by atoms with E-state index < -0.39 is 0 Å². The number of pyridine rings is 1. The quantitative estimate of drug-likeness (QED) is 0.156. The van der Waals surface area contributed by atoms with Crippen LogP contribution in [-0.4, -0.2) is 9.55 Å². The zero-order valence-electron chi connectivity index (χ0n) is 27.6. The van der Waals surface area contributed by atoms with Gasteiger partial charge in [0.1, 0.15) is 11.6 Å². The summed E-state index contributed by atoms with van der Waals surface area (Å²) in [5.41, 5.74) is 7.59. The molecular formula is C42H34FN4OPt-3. The summed E-state index contributed by atoms with van der Waals surface area (Å²) in [7, 11) is 0. The largest absolute Gasteiger partial charge is 0.509 e. The van der Waals surface area contributed by atoms with Crippen LogP contribution < -0.4 is 14.5 Å². The third-order valence-electron chi connectivity index (χ3n) is 8.90. The van der Waals surface area contributed by atoms with Gasteiger partial charge >= 0.3 is 0 Å². The van der Waals surface area contributed by atoms with Gasteiger partial charge in [-0.25, -0.2) is 9.37 Å². The molecule has 0 saturated heterocycles. The van der Waals surface area contributed by atoms with Crippen molar-refractivity contribution in [1.29, 1.82) is 0 Å². The Hall–Kier alpha value is -4.93. The first-order valence-electron chi connectivity index (χ1n) is 16.2. The Labute approximate surface area is 300 Å². The number of para-hydroxylation sites is 3.